The number of benzene rings is 1. The molecule has 5 nitrogen and oxygen atoms in total. The molecule has 0 aromatic heterocycles. The highest BCUT2D eigenvalue weighted by Gasteiger charge is 2.44. The molecule has 0 spiro atoms. The van der Waals surface area contributed by atoms with Gasteiger partial charge in [-0.25, -0.2) is 8.42 Å². The molecule has 0 unspecified atom stereocenters. The molecule has 0 atom stereocenters. The molecule has 1 heterocycles. The molecular formula is C14H17F3N2O3S. The third kappa shape index (κ3) is 3.66. The summed E-state index contributed by atoms with van der Waals surface area (Å²) >= 11 is 0. The van der Waals surface area contributed by atoms with Crippen LogP contribution in [0.25, 0.3) is 0 Å². The van der Waals surface area contributed by atoms with Gasteiger partial charge in [-0.1, -0.05) is 6.07 Å². The smallest absolute Gasteiger partial charge is 0.332 e. The fourth-order valence-corrected chi connectivity index (χ4v) is 3.84. The van der Waals surface area contributed by atoms with Crippen molar-refractivity contribution in [3.05, 3.63) is 29.3 Å². The second-order valence-corrected chi connectivity index (χ2v) is 7.38. The monoisotopic (exact) mass is 350 g/mol. The number of halogens is 3. The first-order valence-electron chi connectivity index (χ1n) is 6.97. The largest absolute Gasteiger partial charge is 0.471 e. The Kier molecular flexibility index (Phi) is 4.72. The molecule has 1 fully saturated rings. The summed E-state index contributed by atoms with van der Waals surface area (Å²) in [5.41, 5.74) is 1.77. The number of aryl methyl sites for hydroxylation is 2. The van der Waals surface area contributed by atoms with Gasteiger partial charge in [-0.2, -0.15) is 17.5 Å². The molecule has 1 aromatic carbocycles. The van der Waals surface area contributed by atoms with E-state index in [0.717, 1.165) is 15.4 Å². The fraction of sp³-hybridized carbons (Fsp3) is 0.500. The molecule has 0 radical (unpaired) electrons. The summed E-state index contributed by atoms with van der Waals surface area (Å²) in [5.74, 6) is -1.93. The maximum Gasteiger partial charge on any atom is 0.471 e. The summed E-state index contributed by atoms with van der Waals surface area (Å²) in [5, 5.41) is 0. The van der Waals surface area contributed by atoms with Gasteiger partial charge >= 0.3 is 12.1 Å². The molecule has 2 rings (SSSR count). The first-order valence-corrected chi connectivity index (χ1v) is 8.41. The van der Waals surface area contributed by atoms with E-state index in [1.165, 1.54) is 12.1 Å². The van der Waals surface area contributed by atoms with Gasteiger partial charge in [0.1, 0.15) is 0 Å². The van der Waals surface area contributed by atoms with Crippen LogP contribution in [0.1, 0.15) is 11.1 Å². The molecule has 9 heteroatoms. The Hall–Kier alpha value is -1.61. The van der Waals surface area contributed by atoms with Crippen molar-refractivity contribution >= 4 is 15.9 Å². The van der Waals surface area contributed by atoms with Gasteiger partial charge in [-0.15, -0.1) is 0 Å². The molecule has 1 aliphatic rings. The van der Waals surface area contributed by atoms with Gasteiger partial charge in [-0.3, -0.25) is 4.79 Å². The number of rotatable bonds is 2. The number of amides is 1. The molecule has 1 aliphatic heterocycles. The summed E-state index contributed by atoms with van der Waals surface area (Å²) in [6.07, 6.45) is -4.94. The highest BCUT2D eigenvalue weighted by Crippen LogP contribution is 2.23. The number of sulfonamides is 1. The topological polar surface area (TPSA) is 57.7 Å². The minimum absolute atomic E-state index is 0.108. The lowest BCUT2D eigenvalue weighted by atomic mass is 10.1. The summed E-state index contributed by atoms with van der Waals surface area (Å²) in [6, 6.07) is 4.70. The Balaban J connectivity index is 2.12. The highest BCUT2D eigenvalue weighted by atomic mass is 32.2. The zero-order valence-corrected chi connectivity index (χ0v) is 13.5. The lowest BCUT2D eigenvalue weighted by Gasteiger charge is -2.34. The van der Waals surface area contributed by atoms with Crippen LogP contribution in [0, 0.1) is 13.8 Å². The number of hydrogen-bond acceptors (Lipinski definition) is 3. The summed E-state index contributed by atoms with van der Waals surface area (Å²) in [7, 11) is -3.77. The molecule has 128 valence electrons. The van der Waals surface area contributed by atoms with E-state index in [1.54, 1.807) is 13.0 Å². The van der Waals surface area contributed by atoms with Crippen molar-refractivity contribution < 1.29 is 26.4 Å². The van der Waals surface area contributed by atoms with Crippen molar-refractivity contribution in [3.63, 3.8) is 0 Å². The van der Waals surface area contributed by atoms with E-state index < -0.39 is 22.1 Å². The van der Waals surface area contributed by atoms with E-state index in [2.05, 4.69) is 0 Å². The van der Waals surface area contributed by atoms with Crippen molar-refractivity contribution in [2.24, 2.45) is 0 Å². The Labute approximate surface area is 132 Å². The minimum atomic E-state index is -4.94. The first-order chi connectivity index (χ1) is 10.5. The number of hydrogen-bond donors (Lipinski definition) is 0. The zero-order valence-electron chi connectivity index (χ0n) is 12.7. The van der Waals surface area contributed by atoms with E-state index in [0.29, 0.717) is 4.90 Å². The fourth-order valence-electron chi connectivity index (χ4n) is 2.33. The second kappa shape index (κ2) is 6.12. The van der Waals surface area contributed by atoms with Gasteiger partial charge in [0, 0.05) is 26.2 Å². The number of nitrogens with zero attached hydrogens (tertiary/aromatic N) is 2. The average Bonchev–Trinajstić information content (AvgIpc) is 2.48. The van der Waals surface area contributed by atoms with Crippen molar-refractivity contribution in [2.45, 2.75) is 24.9 Å². The Morgan fingerprint density at radius 1 is 1.04 bits per heavy atom. The van der Waals surface area contributed by atoms with Crippen LogP contribution in [-0.4, -0.2) is 55.9 Å². The standard InChI is InChI=1S/C14H17F3N2O3S/c1-10-3-4-12(9-11(10)2)23(21,22)19-7-5-18(6-8-19)13(20)14(15,16)17/h3-4,9H,5-8H2,1-2H3. The van der Waals surface area contributed by atoms with Gasteiger partial charge in [0.15, 0.2) is 0 Å². The molecule has 0 bridgehead atoms. The molecular weight excluding hydrogens is 333 g/mol. The van der Waals surface area contributed by atoms with Crippen LogP contribution in [-0.2, 0) is 14.8 Å². The number of alkyl halides is 3. The molecule has 1 amide bonds. The SMILES string of the molecule is Cc1ccc(S(=O)(=O)N2CCN(C(=O)C(F)(F)F)CC2)cc1C. The third-order valence-corrected chi connectivity index (χ3v) is 5.78. The van der Waals surface area contributed by atoms with Crippen LogP contribution in [0.2, 0.25) is 0 Å². The van der Waals surface area contributed by atoms with Crippen molar-refractivity contribution in [2.75, 3.05) is 26.2 Å². The van der Waals surface area contributed by atoms with Crippen molar-refractivity contribution in [3.8, 4) is 0 Å². The van der Waals surface area contributed by atoms with Crippen LogP contribution in [0.3, 0.4) is 0 Å². The quantitative estimate of drug-likeness (QED) is 0.816. The normalized spacial score (nSPS) is 17.3. The second-order valence-electron chi connectivity index (χ2n) is 5.44. The molecule has 0 aliphatic carbocycles. The minimum Gasteiger partial charge on any atom is -0.332 e. The van der Waals surface area contributed by atoms with Gasteiger partial charge in [-0.05, 0) is 37.1 Å². The van der Waals surface area contributed by atoms with Gasteiger partial charge < -0.3 is 4.90 Å². The lowest BCUT2D eigenvalue weighted by molar-refractivity contribution is -0.186. The molecule has 1 aromatic rings. The van der Waals surface area contributed by atoms with Crippen molar-refractivity contribution in [1.82, 2.24) is 9.21 Å². The predicted molar refractivity (Wildman–Crippen MR) is 77.3 cm³/mol. The van der Waals surface area contributed by atoms with Crippen LogP contribution in [0.15, 0.2) is 23.1 Å². The molecule has 0 saturated carbocycles. The van der Waals surface area contributed by atoms with Gasteiger partial charge in [0.05, 0.1) is 4.90 Å². The molecule has 0 N–H and O–H groups in total. The average molecular weight is 350 g/mol. The van der Waals surface area contributed by atoms with Gasteiger partial charge in [0.2, 0.25) is 10.0 Å². The van der Waals surface area contributed by atoms with Crippen LogP contribution in [0.5, 0.6) is 0 Å². The Morgan fingerprint density at radius 2 is 1.61 bits per heavy atom. The van der Waals surface area contributed by atoms with Gasteiger partial charge in [0.25, 0.3) is 0 Å². The number of piperazine rings is 1. The molecule has 1 saturated heterocycles. The third-order valence-electron chi connectivity index (χ3n) is 3.88. The maximum atomic E-state index is 12.5. The maximum absolute atomic E-state index is 12.5. The number of carbonyl (C=O) groups excluding carboxylic acids is 1. The summed E-state index contributed by atoms with van der Waals surface area (Å²) in [4.78, 5) is 11.9. The Bertz CT molecular complexity index is 708. The lowest BCUT2D eigenvalue weighted by Crippen LogP contribution is -2.53. The van der Waals surface area contributed by atoms with E-state index in [-0.39, 0.29) is 31.1 Å². The molecule has 23 heavy (non-hydrogen) atoms. The first kappa shape index (κ1) is 17.7. The van der Waals surface area contributed by atoms with Crippen LogP contribution >= 0.6 is 0 Å². The van der Waals surface area contributed by atoms with E-state index in [4.69, 9.17) is 0 Å². The van der Waals surface area contributed by atoms with Crippen molar-refractivity contribution in [1.29, 1.82) is 0 Å². The summed E-state index contributed by atoms with van der Waals surface area (Å²) in [6.45, 7) is 2.78. The van der Waals surface area contributed by atoms with Crippen LogP contribution in [0.4, 0.5) is 13.2 Å². The zero-order chi connectivity index (χ0) is 17.4. The van der Waals surface area contributed by atoms with Crippen LogP contribution < -0.4 is 0 Å². The predicted octanol–water partition coefficient (Wildman–Crippen LogP) is 1.70. The highest BCUT2D eigenvalue weighted by molar-refractivity contribution is 7.89. The number of carbonyl (C=O) groups is 1. The van der Waals surface area contributed by atoms with E-state index in [1.807, 2.05) is 6.92 Å². The van der Waals surface area contributed by atoms with E-state index >= 15 is 0 Å². The van der Waals surface area contributed by atoms with E-state index in [9.17, 15) is 26.4 Å². The Morgan fingerprint density at radius 3 is 2.09 bits per heavy atom. The summed E-state index contributed by atoms with van der Waals surface area (Å²) < 4.78 is 63.3.